The predicted molar refractivity (Wildman–Crippen MR) is 109 cm³/mol. The van der Waals surface area contributed by atoms with Crippen molar-refractivity contribution < 1.29 is 4.79 Å². The minimum absolute atomic E-state index is 0.0432. The lowest BCUT2D eigenvalue weighted by Crippen LogP contribution is -2.36. The van der Waals surface area contributed by atoms with Crippen molar-refractivity contribution in [3.8, 4) is 0 Å². The van der Waals surface area contributed by atoms with Crippen LogP contribution in [0.4, 0.5) is 4.79 Å². The molecular weight excluding hydrogens is 348 g/mol. The van der Waals surface area contributed by atoms with Crippen LogP contribution in [-0.4, -0.2) is 28.5 Å². The second-order valence-corrected chi connectivity index (χ2v) is 7.23. The van der Waals surface area contributed by atoms with Gasteiger partial charge in [0.25, 0.3) is 0 Å². The standard InChI is InChI=1S/C19H34N4O2S/c1-2-3-12-15-20-18(24)21-16-13-10-8-6-4-5-7-9-11-14-17-22-19(25)26-23-17/h4,6H,2-3,5,7-16H2,1H3,(H2,20,21,24)(H,22,23,25)/b6-4+. The maximum absolute atomic E-state index is 11.5. The van der Waals surface area contributed by atoms with Crippen LogP contribution in [0.3, 0.4) is 0 Å². The third-order valence-electron chi connectivity index (χ3n) is 4.09. The first-order chi connectivity index (χ1) is 12.7. The van der Waals surface area contributed by atoms with Gasteiger partial charge in [0.15, 0.2) is 0 Å². The Morgan fingerprint density at radius 3 is 2.27 bits per heavy atom. The Kier molecular flexibility index (Phi) is 13.5. The fraction of sp³-hybridized carbons (Fsp3) is 0.737. The van der Waals surface area contributed by atoms with Crippen LogP contribution in [0.1, 0.15) is 77.0 Å². The van der Waals surface area contributed by atoms with E-state index >= 15 is 0 Å². The molecule has 1 aromatic rings. The number of carbonyl (C=O) groups excluding carboxylic acids is 1. The van der Waals surface area contributed by atoms with Crippen molar-refractivity contribution in [2.45, 2.75) is 77.6 Å². The first-order valence-corrected chi connectivity index (χ1v) is 10.7. The summed E-state index contributed by atoms with van der Waals surface area (Å²) in [6.45, 7) is 3.67. The molecule has 0 aromatic carbocycles. The molecule has 1 rings (SSSR count). The molecule has 0 fully saturated rings. The van der Waals surface area contributed by atoms with Gasteiger partial charge in [0.2, 0.25) is 0 Å². The summed E-state index contributed by atoms with van der Waals surface area (Å²) in [5, 5.41) is 5.78. The van der Waals surface area contributed by atoms with Gasteiger partial charge in [0.1, 0.15) is 5.82 Å². The summed E-state index contributed by atoms with van der Waals surface area (Å²) in [5.41, 5.74) is 0. The van der Waals surface area contributed by atoms with E-state index in [9.17, 15) is 9.59 Å². The number of hydrogen-bond acceptors (Lipinski definition) is 4. The third kappa shape index (κ3) is 12.7. The Morgan fingerprint density at radius 2 is 1.65 bits per heavy atom. The summed E-state index contributed by atoms with van der Waals surface area (Å²) in [5.74, 6) is 0.818. The highest BCUT2D eigenvalue weighted by atomic mass is 32.1. The Morgan fingerprint density at radius 1 is 1.00 bits per heavy atom. The fourth-order valence-electron chi connectivity index (χ4n) is 2.56. The lowest BCUT2D eigenvalue weighted by Gasteiger charge is -2.06. The summed E-state index contributed by atoms with van der Waals surface area (Å²) in [7, 11) is 0. The molecule has 0 saturated heterocycles. The van der Waals surface area contributed by atoms with Crippen LogP contribution < -0.4 is 15.5 Å². The van der Waals surface area contributed by atoms with Crippen LogP contribution >= 0.6 is 11.5 Å². The number of rotatable bonds is 15. The van der Waals surface area contributed by atoms with Gasteiger partial charge in [0, 0.05) is 31.0 Å². The van der Waals surface area contributed by atoms with Crippen LogP contribution in [0.5, 0.6) is 0 Å². The van der Waals surface area contributed by atoms with Crippen molar-refractivity contribution >= 4 is 17.6 Å². The van der Waals surface area contributed by atoms with Crippen molar-refractivity contribution in [2.75, 3.05) is 13.1 Å². The van der Waals surface area contributed by atoms with E-state index < -0.39 is 0 Å². The summed E-state index contributed by atoms with van der Waals surface area (Å²) >= 11 is 0.995. The summed E-state index contributed by atoms with van der Waals surface area (Å²) in [6, 6.07) is -0.0432. The quantitative estimate of drug-likeness (QED) is 0.314. The van der Waals surface area contributed by atoms with Gasteiger partial charge in [-0.1, -0.05) is 38.3 Å². The number of carbonyl (C=O) groups is 1. The van der Waals surface area contributed by atoms with Crippen LogP contribution in [0.2, 0.25) is 0 Å². The fourth-order valence-corrected chi connectivity index (χ4v) is 3.06. The van der Waals surface area contributed by atoms with Crippen molar-refractivity contribution in [3.63, 3.8) is 0 Å². The number of hydrogen-bond donors (Lipinski definition) is 3. The number of amides is 2. The normalized spacial score (nSPS) is 11.1. The van der Waals surface area contributed by atoms with E-state index in [1.165, 1.54) is 19.3 Å². The number of H-pyrrole nitrogens is 1. The second kappa shape index (κ2) is 15.6. The van der Waals surface area contributed by atoms with E-state index in [1.807, 2.05) is 0 Å². The molecule has 3 N–H and O–H groups in total. The molecule has 7 heteroatoms. The number of allylic oxidation sites excluding steroid dienone is 2. The number of urea groups is 1. The Balaban J connectivity index is 1.83. The molecule has 0 unspecified atom stereocenters. The minimum Gasteiger partial charge on any atom is -0.338 e. The topological polar surface area (TPSA) is 86.9 Å². The molecule has 0 aliphatic rings. The number of unbranched alkanes of at least 4 members (excludes halogenated alkanes) is 7. The Bertz CT molecular complexity index is 554. The average molecular weight is 383 g/mol. The molecule has 0 spiro atoms. The molecule has 0 aliphatic heterocycles. The van der Waals surface area contributed by atoms with Crippen LogP contribution in [-0.2, 0) is 6.42 Å². The predicted octanol–water partition coefficient (Wildman–Crippen LogP) is 4.15. The Labute approximate surface area is 161 Å². The van der Waals surface area contributed by atoms with Gasteiger partial charge < -0.3 is 10.6 Å². The molecule has 0 bridgehead atoms. The molecule has 0 radical (unpaired) electrons. The zero-order valence-corrected chi connectivity index (χ0v) is 16.8. The average Bonchev–Trinajstić information content (AvgIpc) is 3.05. The van der Waals surface area contributed by atoms with Gasteiger partial charge in [-0.2, -0.15) is 4.37 Å². The summed E-state index contributed by atoms with van der Waals surface area (Å²) < 4.78 is 4.06. The maximum Gasteiger partial charge on any atom is 0.323 e. The van der Waals surface area contributed by atoms with E-state index in [0.717, 1.165) is 81.8 Å². The number of nitrogens with one attached hydrogen (secondary N) is 3. The molecule has 0 aliphatic carbocycles. The minimum atomic E-state index is -0.0641. The van der Waals surface area contributed by atoms with Gasteiger partial charge >= 0.3 is 10.9 Å². The largest absolute Gasteiger partial charge is 0.338 e. The first-order valence-electron chi connectivity index (χ1n) is 9.94. The smallest absolute Gasteiger partial charge is 0.323 e. The Hall–Kier alpha value is -1.63. The molecule has 1 heterocycles. The third-order valence-corrected chi connectivity index (χ3v) is 4.66. The van der Waals surface area contributed by atoms with Gasteiger partial charge in [-0.05, 0) is 44.9 Å². The van der Waals surface area contributed by atoms with Gasteiger partial charge in [-0.15, -0.1) is 0 Å². The molecule has 2 amide bonds. The highest BCUT2D eigenvalue weighted by molar-refractivity contribution is 7.02. The molecule has 26 heavy (non-hydrogen) atoms. The maximum atomic E-state index is 11.5. The van der Waals surface area contributed by atoms with Crippen molar-refractivity contribution in [2.24, 2.45) is 0 Å². The van der Waals surface area contributed by atoms with Crippen molar-refractivity contribution in [3.05, 3.63) is 27.6 Å². The molecular formula is C19H34N4O2S. The van der Waals surface area contributed by atoms with Gasteiger partial charge in [-0.3, -0.25) is 9.78 Å². The lowest BCUT2D eigenvalue weighted by molar-refractivity contribution is 0.240. The zero-order chi connectivity index (χ0) is 18.9. The zero-order valence-electron chi connectivity index (χ0n) is 16.0. The van der Waals surface area contributed by atoms with E-state index in [1.54, 1.807) is 0 Å². The van der Waals surface area contributed by atoms with Crippen LogP contribution in [0.25, 0.3) is 0 Å². The molecule has 0 atom stereocenters. The van der Waals surface area contributed by atoms with Crippen LogP contribution in [0.15, 0.2) is 16.9 Å². The number of nitrogens with zero attached hydrogens (tertiary/aromatic N) is 1. The monoisotopic (exact) mass is 382 g/mol. The number of aromatic nitrogens is 2. The molecule has 6 nitrogen and oxygen atoms in total. The highest BCUT2D eigenvalue weighted by Crippen LogP contribution is 2.05. The van der Waals surface area contributed by atoms with E-state index in [2.05, 4.69) is 39.1 Å². The summed E-state index contributed by atoms with van der Waals surface area (Å²) in [6.07, 6.45) is 16.4. The summed E-state index contributed by atoms with van der Waals surface area (Å²) in [4.78, 5) is 25.1. The van der Waals surface area contributed by atoms with Gasteiger partial charge in [0.05, 0.1) is 0 Å². The highest BCUT2D eigenvalue weighted by Gasteiger charge is 1.98. The number of aromatic amines is 1. The van der Waals surface area contributed by atoms with E-state index in [4.69, 9.17) is 0 Å². The molecule has 0 saturated carbocycles. The van der Waals surface area contributed by atoms with E-state index in [-0.39, 0.29) is 10.9 Å². The lowest BCUT2D eigenvalue weighted by atomic mass is 10.1. The van der Waals surface area contributed by atoms with Crippen molar-refractivity contribution in [1.29, 1.82) is 0 Å². The van der Waals surface area contributed by atoms with Gasteiger partial charge in [-0.25, -0.2) is 4.79 Å². The van der Waals surface area contributed by atoms with Crippen LogP contribution in [0, 0.1) is 0 Å². The number of aryl methyl sites for hydroxylation is 1. The molecule has 148 valence electrons. The van der Waals surface area contributed by atoms with Crippen molar-refractivity contribution in [1.82, 2.24) is 20.0 Å². The molecule has 1 aromatic heterocycles. The SMILES string of the molecule is CCCCCNC(=O)NCCCC/C=C/CCCCCc1nsc(=O)[nH]1. The second-order valence-electron chi connectivity index (χ2n) is 6.50. The van der Waals surface area contributed by atoms with E-state index in [0.29, 0.717) is 0 Å². The first kappa shape index (κ1) is 22.4.